The molecule has 3 heteroatoms. The van der Waals surface area contributed by atoms with Crippen LogP contribution >= 0.6 is 15.9 Å². The topological polar surface area (TPSA) is 29.5 Å². The molecule has 2 nitrogen and oxygen atoms in total. The molecule has 3 rings (SSSR count). The monoisotopic (exact) mass is 346 g/mol. The first kappa shape index (κ1) is 14.6. The maximum atomic E-state index is 10.7. The molecule has 2 aromatic carbocycles. The molecular formula is C18H19BrO2. The zero-order valence-corrected chi connectivity index (χ0v) is 13.7. The summed E-state index contributed by atoms with van der Waals surface area (Å²) in [7, 11) is 0. The lowest BCUT2D eigenvalue weighted by Crippen LogP contribution is -2.21. The Morgan fingerprint density at radius 3 is 2.71 bits per heavy atom. The Hall–Kier alpha value is -1.32. The summed E-state index contributed by atoms with van der Waals surface area (Å²) in [5.41, 5.74) is 2.69. The number of hydrogen-bond acceptors (Lipinski definition) is 2. The second-order valence-electron chi connectivity index (χ2n) is 5.82. The predicted molar refractivity (Wildman–Crippen MR) is 87.7 cm³/mol. The summed E-state index contributed by atoms with van der Waals surface area (Å²) in [4.78, 5) is 0. The van der Waals surface area contributed by atoms with Crippen LogP contribution in [-0.4, -0.2) is 11.7 Å². The Labute approximate surface area is 133 Å². The summed E-state index contributed by atoms with van der Waals surface area (Å²) < 4.78 is 6.55. The van der Waals surface area contributed by atoms with Crippen LogP contribution in [0.1, 0.15) is 30.0 Å². The van der Waals surface area contributed by atoms with E-state index in [1.54, 1.807) is 0 Å². The van der Waals surface area contributed by atoms with Crippen molar-refractivity contribution in [2.45, 2.75) is 31.8 Å². The zero-order chi connectivity index (χ0) is 14.9. The SMILES string of the molecule is CC(O)(CCc1ccc2c(c1)CCO2)c1ccc(Br)cc1. The lowest BCUT2D eigenvalue weighted by molar-refractivity contribution is 0.0480. The summed E-state index contributed by atoms with van der Waals surface area (Å²) >= 11 is 3.42. The van der Waals surface area contributed by atoms with Gasteiger partial charge in [0.25, 0.3) is 0 Å². The van der Waals surface area contributed by atoms with Crippen LogP contribution in [0.3, 0.4) is 0 Å². The van der Waals surface area contributed by atoms with E-state index < -0.39 is 5.60 Å². The van der Waals surface area contributed by atoms with E-state index in [0.29, 0.717) is 6.42 Å². The van der Waals surface area contributed by atoms with Gasteiger partial charge in [-0.3, -0.25) is 0 Å². The highest BCUT2D eigenvalue weighted by Crippen LogP contribution is 2.30. The Kier molecular flexibility index (Phi) is 4.05. The van der Waals surface area contributed by atoms with Gasteiger partial charge < -0.3 is 9.84 Å². The fourth-order valence-electron chi connectivity index (χ4n) is 2.74. The largest absolute Gasteiger partial charge is 0.493 e. The molecule has 0 aliphatic carbocycles. The van der Waals surface area contributed by atoms with E-state index in [1.165, 1.54) is 11.1 Å². The molecule has 0 amide bonds. The van der Waals surface area contributed by atoms with E-state index >= 15 is 0 Å². The fourth-order valence-corrected chi connectivity index (χ4v) is 3.00. The highest BCUT2D eigenvalue weighted by atomic mass is 79.9. The molecule has 1 heterocycles. The number of halogens is 1. The summed E-state index contributed by atoms with van der Waals surface area (Å²) in [5.74, 6) is 1.01. The zero-order valence-electron chi connectivity index (χ0n) is 12.1. The van der Waals surface area contributed by atoms with Crippen molar-refractivity contribution in [2.75, 3.05) is 6.61 Å². The summed E-state index contributed by atoms with van der Waals surface area (Å²) in [6.07, 6.45) is 2.55. The van der Waals surface area contributed by atoms with Crippen molar-refractivity contribution in [3.63, 3.8) is 0 Å². The van der Waals surface area contributed by atoms with Gasteiger partial charge in [-0.1, -0.05) is 40.2 Å². The minimum atomic E-state index is -0.809. The number of ether oxygens (including phenoxy) is 1. The summed E-state index contributed by atoms with van der Waals surface area (Å²) in [6, 6.07) is 14.2. The molecule has 1 N–H and O–H groups in total. The van der Waals surface area contributed by atoms with E-state index in [4.69, 9.17) is 4.74 Å². The molecule has 21 heavy (non-hydrogen) atoms. The van der Waals surface area contributed by atoms with Crippen LogP contribution in [0.4, 0.5) is 0 Å². The number of rotatable bonds is 4. The maximum absolute atomic E-state index is 10.7. The Morgan fingerprint density at radius 2 is 1.95 bits per heavy atom. The molecule has 1 unspecified atom stereocenters. The molecule has 0 aromatic heterocycles. The van der Waals surface area contributed by atoms with Gasteiger partial charge in [0.2, 0.25) is 0 Å². The average Bonchev–Trinajstić information content (AvgIpc) is 2.93. The smallest absolute Gasteiger partial charge is 0.122 e. The molecule has 110 valence electrons. The van der Waals surface area contributed by atoms with Crippen molar-refractivity contribution in [1.29, 1.82) is 0 Å². The van der Waals surface area contributed by atoms with Crippen LogP contribution in [0.15, 0.2) is 46.9 Å². The van der Waals surface area contributed by atoms with Gasteiger partial charge in [-0.2, -0.15) is 0 Å². The normalized spacial score (nSPS) is 16.1. The standard InChI is InChI=1S/C18H19BrO2/c1-18(20,15-3-5-16(19)6-4-15)10-8-13-2-7-17-14(12-13)9-11-21-17/h2-7,12,20H,8-11H2,1H3. The van der Waals surface area contributed by atoms with E-state index in [0.717, 1.165) is 35.2 Å². The summed E-state index contributed by atoms with van der Waals surface area (Å²) in [5, 5.41) is 10.7. The lowest BCUT2D eigenvalue weighted by Gasteiger charge is -2.24. The third kappa shape index (κ3) is 3.30. The molecule has 1 atom stereocenters. The average molecular weight is 347 g/mol. The van der Waals surface area contributed by atoms with Crippen LogP contribution in [0.25, 0.3) is 0 Å². The number of benzene rings is 2. The molecule has 1 aliphatic heterocycles. The van der Waals surface area contributed by atoms with Crippen LogP contribution in [0.5, 0.6) is 5.75 Å². The number of aryl methyl sites for hydroxylation is 1. The summed E-state index contributed by atoms with van der Waals surface area (Å²) in [6.45, 7) is 2.67. The minimum Gasteiger partial charge on any atom is -0.493 e. The maximum Gasteiger partial charge on any atom is 0.122 e. The Morgan fingerprint density at radius 1 is 1.19 bits per heavy atom. The first-order valence-electron chi connectivity index (χ1n) is 7.28. The van der Waals surface area contributed by atoms with Crippen molar-refractivity contribution < 1.29 is 9.84 Å². The van der Waals surface area contributed by atoms with Gasteiger partial charge in [-0.25, -0.2) is 0 Å². The third-order valence-electron chi connectivity index (χ3n) is 4.12. The van der Waals surface area contributed by atoms with E-state index in [2.05, 4.69) is 28.1 Å². The highest BCUT2D eigenvalue weighted by Gasteiger charge is 2.23. The molecule has 0 saturated heterocycles. The predicted octanol–water partition coefficient (Wildman–Crippen LogP) is 4.22. The van der Waals surface area contributed by atoms with Gasteiger partial charge in [-0.05, 0) is 54.7 Å². The van der Waals surface area contributed by atoms with Gasteiger partial charge in [0, 0.05) is 10.9 Å². The van der Waals surface area contributed by atoms with Crippen molar-refractivity contribution in [1.82, 2.24) is 0 Å². The number of hydrogen-bond donors (Lipinski definition) is 1. The highest BCUT2D eigenvalue weighted by molar-refractivity contribution is 9.10. The van der Waals surface area contributed by atoms with E-state index in [9.17, 15) is 5.11 Å². The first-order valence-corrected chi connectivity index (χ1v) is 8.07. The molecule has 0 saturated carbocycles. The molecular weight excluding hydrogens is 328 g/mol. The second kappa shape index (κ2) is 5.82. The molecule has 1 aliphatic rings. The van der Waals surface area contributed by atoms with Gasteiger partial charge in [0.15, 0.2) is 0 Å². The Bertz CT molecular complexity index is 632. The van der Waals surface area contributed by atoms with Crippen molar-refractivity contribution >= 4 is 15.9 Å². The molecule has 0 fully saturated rings. The third-order valence-corrected chi connectivity index (χ3v) is 4.65. The number of aliphatic hydroxyl groups is 1. The van der Waals surface area contributed by atoms with Crippen LogP contribution in [0.2, 0.25) is 0 Å². The van der Waals surface area contributed by atoms with Gasteiger partial charge in [0.1, 0.15) is 5.75 Å². The second-order valence-corrected chi connectivity index (χ2v) is 6.74. The Balaban J connectivity index is 1.70. The van der Waals surface area contributed by atoms with Crippen molar-refractivity contribution in [3.05, 3.63) is 63.6 Å². The fraction of sp³-hybridized carbons (Fsp3) is 0.333. The number of fused-ring (bicyclic) bond motifs is 1. The minimum absolute atomic E-state index is 0.703. The van der Waals surface area contributed by atoms with Crippen LogP contribution < -0.4 is 4.74 Å². The van der Waals surface area contributed by atoms with E-state index in [-0.39, 0.29) is 0 Å². The first-order chi connectivity index (χ1) is 10.0. The van der Waals surface area contributed by atoms with Gasteiger partial charge >= 0.3 is 0 Å². The van der Waals surface area contributed by atoms with Crippen molar-refractivity contribution in [3.8, 4) is 5.75 Å². The quantitative estimate of drug-likeness (QED) is 0.897. The lowest BCUT2D eigenvalue weighted by atomic mass is 9.89. The molecule has 0 radical (unpaired) electrons. The van der Waals surface area contributed by atoms with Crippen LogP contribution in [-0.2, 0) is 18.4 Å². The van der Waals surface area contributed by atoms with Crippen molar-refractivity contribution in [2.24, 2.45) is 0 Å². The van der Waals surface area contributed by atoms with E-state index in [1.807, 2.05) is 37.3 Å². The molecule has 2 aromatic rings. The molecule has 0 spiro atoms. The molecule has 0 bridgehead atoms. The van der Waals surface area contributed by atoms with Gasteiger partial charge in [-0.15, -0.1) is 0 Å². The van der Waals surface area contributed by atoms with Crippen LogP contribution in [0, 0.1) is 0 Å². The van der Waals surface area contributed by atoms with Gasteiger partial charge in [0.05, 0.1) is 12.2 Å².